The molecule has 0 saturated heterocycles. The first-order chi connectivity index (χ1) is 8.11. The van der Waals surface area contributed by atoms with Crippen LogP contribution in [0.5, 0.6) is 0 Å². The Labute approximate surface area is 110 Å². The SMILES string of the molecule is CSCC(C)N(C)c1nc2ccc(N)cc2s1. The molecule has 2 aromatic rings. The number of aromatic nitrogens is 1. The molecule has 17 heavy (non-hydrogen) atoms. The van der Waals surface area contributed by atoms with E-state index in [4.69, 9.17) is 5.73 Å². The Hall–Kier alpha value is -0.940. The molecule has 5 heteroatoms. The van der Waals surface area contributed by atoms with Crippen LogP contribution in [0.3, 0.4) is 0 Å². The molecular weight excluding hydrogens is 250 g/mol. The molecule has 0 amide bonds. The lowest BCUT2D eigenvalue weighted by Gasteiger charge is -2.23. The van der Waals surface area contributed by atoms with Gasteiger partial charge in [0.15, 0.2) is 5.13 Å². The average Bonchev–Trinajstić information content (AvgIpc) is 2.71. The first-order valence-electron chi connectivity index (χ1n) is 5.49. The Kier molecular flexibility index (Phi) is 3.79. The fourth-order valence-corrected chi connectivity index (χ4v) is 3.41. The van der Waals surface area contributed by atoms with Gasteiger partial charge in [0, 0.05) is 24.5 Å². The summed E-state index contributed by atoms with van der Waals surface area (Å²) in [6.45, 7) is 2.22. The summed E-state index contributed by atoms with van der Waals surface area (Å²) in [7, 11) is 2.10. The smallest absolute Gasteiger partial charge is 0.186 e. The number of anilines is 2. The quantitative estimate of drug-likeness (QED) is 0.865. The number of benzene rings is 1. The Morgan fingerprint density at radius 3 is 3.00 bits per heavy atom. The Balaban J connectivity index is 2.29. The predicted molar refractivity (Wildman–Crippen MR) is 80.3 cm³/mol. The summed E-state index contributed by atoms with van der Waals surface area (Å²) in [6, 6.07) is 6.36. The molecule has 1 aromatic heterocycles. The van der Waals surface area contributed by atoms with E-state index in [2.05, 4.69) is 30.1 Å². The maximum absolute atomic E-state index is 5.78. The minimum Gasteiger partial charge on any atom is -0.399 e. The van der Waals surface area contributed by atoms with E-state index in [1.807, 2.05) is 30.0 Å². The molecule has 1 unspecified atom stereocenters. The van der Waals surface area contributed by atoms with Gasteiger partial charge in [-0.2, -0.15) is 11.8 Å². The van der Waals surface area contributed by atoms with Gasteiger partial charge in [-0.15, -0.1) is 0 Å². The third-order valence-corrected chi connectivity index (χ3v) is 4.70. The maximum atomic E-state index is 5.78. The molecule has 3 nitrogen and oxygen atoms in total. The topological polar surface area (TPSA) is 42.2 Å². The number of rotatable bonds is 4. The highest BCUT2D eigenvalue weighted by atomic mass is 32.2. The predicted octanol–water partition coefficient (Wildman–Crippen LogP) is 3.07. The van der Waals surface area contributed by atoms with E-state index in [9.17, 15) is 0 Å². The van der Waals surface area contributed by atoms with Crippen molar-refractivity contribution in [2.24, 2.45) is 0 Å². The average molecular weight is 267 g/mol. The normalized spacial score (nSPS) is 12.9. The summed E-state index contributed by atoms with van der Waals surface area (Å²) in [4.78, 5) is 6.87. The zero-order chi connectivity index (χ0) is 12.4. The number of nitrogens with zero attached hydrogens (tertiary/aromatic N) is 2. The highest BCUT2D eigenvalue weighted by Gasteiger charge is 2.13. The van der Waals surface area contributed by atoms with Crippen LogP contribution in [-0.4, -0.2) is 30.1 Å². The van der Waals surface area contributed by atoms with Crippen LogP contribution in [0.15, 0.2) is 18.2 Å². The van der Waals surface area contributed by atoms with Gasteiger partial charge in [-0.05, 0) is 31.4 Å². The molecule has 0 spiro atoms. The number of hydrogen-bond donors (Lipinski definition) is 1. The van der Waals surface area contributed by atoms with Crippen molar-refractivity contribution in [1.82, 2.24) is 4.98 Å². The second-order valence-electron chi connectivity index (χ2n) is 4.14. The van der Waals surface area contributed by atoms with Crippen LogP contribution < -0.4 is 10.6 Å². The highest BCUT2D eigenvalue weighted by molar-refractivity contribution is 7.98. The summed E-state index contributed by atoms with van der Waals surface area (Å²) >= 11 is 3.56. The molecule has 0 saturated carbocycles. The van der Waals surface area contributed by atoms with Crippen LogP contribution in [0.4, 0.5) is 10.8 Å². The molecular formula is C12H17N3S2. The van der Waals surface area contributed by atoms with Gasteiger partial charge in [0.2, 0.25) is 0 Å². The van der Waals surface area contributed by atoms with E-state index in [1.54, 1.807) is 11.3 Å². The Morgan fingerprint density at radius 1 is 1.53 bits per heavy atom. The minimum atomic E-state index is 0.489. The molecule has 1 atom stereocenters. The summed E-state index contributed by atoms with van der Waals surface area (Å²) < 4.78 is 1.16. The molecule has 2 rings (SSSR count). The molecule has 2 N–H and O–H groups in total. The lowest BCUT2D eigenvalue weighted by atomic mass is 10.3. The van der Waals surface area contributed by atoms with Gasteiger partial charge >= 0.3 is 0 Å². The third-order valence-electron chi connectivity index (χ3n) is 2.77. The largest absolute Gasteiger partial charge is 0.399 e. The molecule has 0 bridgehead atoms. The minimum absolute atomic E-state index is 0.489. The highest BCUT2D eigenvalue weighted by Crippen LogP contribution is 2.30. The summed E-state index contributed by atoms with van der Waals surface area (Å²) in [5.74, 6) is 1.11. The number of hydrogen-bond acceptors (Lipinski definition) is 5. The lowest BCUT2D eigenvalue weighted by Crippen LogP contribution is -2.30. The van der Waals surface area contributed by atoms with E-state index in [0.29, 0.717) is 6.04 Å². The van der Waals surface area contributed by atoms with Crippen molar-refractivity contribution in [3.05, 3.63) is 18.2 Å². The van der Waals surface area contributed by atoms with Crippen molar-refractivity contribution in [1.29, 1.82) is 0 Å². The van der Waals surface area contributed by atoms with E-state index < -0.39 is 0 Å². The second-order valence-corrected chi connectivity index (χ2v) is 6.06. The zero-order valence-corrected chi connectivity index (χ0v) is 11.9. The summed E-state index contributed by atoms with van der Waals surface area (Å²) in [5, 5.41) is 1.06. The molecule has 0 fully saturated rings. The van der Waals surface area contributed by atoms with Gasteiger partial charge < -0.3 is 10.6 Å². The van der Waals surface area contributed by atoms with Crippen molar-refractivity contribution in [2.45, 2.75) is 13.0 Å². The van der Waals surface area contributed by atoms with Crippen LogP contribution in [0.25, 0.3) is 10.2 Å². The molecule has 92 valence electrons. The molecule has 0 aliphatic carbocycles. The summed E-state index contributed by atoms with van der Waals surface area (Å²) in [5.41, 5.74) is 7.61. The van der Waals surface area contributed by atoms with E-state index in [-0.39, 0.29) is 0 Å². The number of nitrogen functional groups attached to an aromatic ring is 1. The fourth-order valence-electron chi connectivity index (χ4n) is 1.62. The number of thiazole rings is 1. The zero-order valence-electron chi connectivity index (χ0n) is 10.3. The van der Waals surface area contributed by atoms with Crippen molar-refractivity contribution in [3.8, 4) is 0 Å². The molecule has 1 heterocycles. The molecule has 1 aromatic carbocycles. The van der Waals surface area contributed by atoms with Crippen molar-refractivity contribution in [3.63, 3.8) is 0 Å². The van der Waals surface area contributed by atoms with Crippen molar-refractivity contribution >= 4 is 44.1 Å². The van der Waals surface area contributed by atoms with E-state index >= 15 is 0 Å². The molecule has 0 aliphatic heterocycles. The Bertz CT molecular complexity index is 509. The Morgan fingerprint density at radius 2 is 2.29 bits per heavy atom. The van der Waals surface area contributed by atoms with E-state index in [0.717, 1.165) is 26.8 Å². The number of thioether (sulfide) groups is 1. The lowest BCUT2D eigenvalue weighted by molar-refractivity contribution is 0.763. The van der Waals surface area contributed by atoms with Crippen LogP contribution in [0.2, 0.25) is 0 Å². The van der Waals surface area contributed by atoms with Gasteiger partial charge in [-0.1, -0.05) is 11.3 Å². The third kappa shape index (κ3) is 2.66. The van der Waals surface area contributed by atoms with Crippen LogP contribution in [0.1, 0.15) is 6.92 Å². The monoisotopic (exact) mass is 267 g/mol. The second kappa shape index (κ2) is 5.14. The number of fused-ring (bicyclic) bond motifs is 1. The van der Waals surface area contributed by atoms with Gasteiger partial charge in [0.05, 0.1) is 10.2 Å². The van der Waals surface area contributed by atoms with Gasteiger partial charge in [-0.3, -0.25) is 0 Å². The van der Waals surface area contributed by atoms with Crippen molar-refractivity contribution in [2.75, 3.05) is 29.7 Å². The molecule has 0 radical (unpaired) electrons. The fraction of sp³-hybridized carbons (Fsp3) is 0.417. The van der Waals surface area contributed by atoms with Gasteiger partial charge in [-0.25, -0.2) is 4.98 Å². The summed E-state index contributed by atoms with van der Waals surface area (Å²) in [6.07, 6.45) is 2.13. The first kappa shape index (κ1) is 12.5. The number of nitrogens with two attached hydrogens (primary N) is 1. The van der Waals surface area contributed by atoms with Gasteiger partial charge in [0.1, 0.15) is 0 Å². The van der Waals surface area contributed by atoms with Crippen LogP contribution in [-0.2, 0) is 0 Å². The van der Waals surface area contributed by atoms with E-state index in [1.165, 1.54) is 0 Å². The maximum Gasteiger partial charge on any atom is 0.186 e. The van der Waals surface area contributed by atoms with Crippen molar-refractivity contribution < 1.29 is 0 Å². The van der Waals surface area contributed by atoms with Gasteiger partial charge in [0.25, 0.3) is 0 Å². The van der Waals surface area contributed by atoms with Crippen LogP contribution in [0, 0.1) is 0 Å². The standard InChI is InChI=1S/C12H17N3S2/c1-8(7-16-3)15(2)12-14-10-5-4-9(13)6-11(10)17-12/h4-6,8H,7,13H2,1-3H3. The first-order valence-corrected chi connectivity index (χ1v) is 7.70. The van der Waals surface area contributed by atoms with Crippen LogP contribution >= 0.6 is 23.1 Å². The molecule has 0 aliphatic rings.